The minimum absolute atomic E-state index is 0.322. The molecular formula is C19H22O9. The van der Waals surface area contributed by atoms with Crippen molar-refractivity contribution in [3.63, 3.8) is 0 Å². The number of esters is 4. The fraction of sp³-hybridized carbons (Fsp3) is 0.474. The molecule has 1 aliphatic rings. The molecule has 1 saturated heterocycles. The monoisotopic (exact) mass is 394 g/mol. The molecule has 1 heterocycles. The van der Waals surface area contributed by atoms with E-state index in [2.05, 4.69) is 0 Å². The standard InChI is InChI=1S/C19H22O9/c1-11(20)25-16-18(26-12(2)21)27-15(19(16,4)28-13(3)22)10-24-17(23)14-8-6-5-7-9-14/h5-9,15-16,18H,10H2,1-4H3/t15-,16+,18?,19-/m1/s1. The van der Waals surface area contributed by atoms with Gasteiger partial charge in [0, 0.05) is 20.8 Å². The molecule has 0 radical (unpaired) electrons. The SMILES string of the molecule is CC(=O)OC1O[C@H](COC(=O)c2ccccc2)[C@@](C)(OC(C)=O)[C@H]1OC(C)=O. The van der Waals surface area contributed by atoms with Crippen LogP contribution in [0.1, 0.15) is 38.1 Å². The van der Waals surface area contributed by atoms with Crippen molar-refractivity contribution in [2.24, 2.45) is 0 Å². The number of ether oxygens (including phenoxy) is 5. The average molecular weight is 394 g/mol. The molecule has 4 atom stereocenters. The van der Waals surface area contributed by atoms with Crippen LogP contribution >= 0.6 is 0 Å². The Bertz CT molecular complexity index is 745. The topological polar surface area (TPSA) is 114 Å². The van der Waals surface area contributed by atoms with Crippen LogP contribution in [0.15, 0.2) is 30.3 Å². The summed E-state index contributed by atoms with van der Waals surface area (Å²) < 4.78 is 26.5. The van der Waals surface area contributed by atoms with Crippen LogP contribution in [0, 0.1) is 0 Å². The van der Waals surface area contributed by atoms with E-state index in [0.29, 0.717) is 5.56 Å². The van der Waals surface area contributed by atoms with Crippen LogP contribution < -0.4 is 0 Å². The number of benzene rings is 1. The number of hydrogen-bond donors (Lipinski definition) is 0. The second kappa shape index (κ2) is 8.83. The Kier molecular flexibility index (Phi) is 6.74. The zero-order chi connectivity index (χ0) is 20.9. The van der Waals surface area contributed by atoms with Gasteiger partial charge in [-0.25, -0.2) is 4.79 Å². The molecule has 0 N–H and O–H groups in total. The Balaban J connectivity index is 2.23. The lowest BCUT2D eigenvalue weighted by Gasteiger charge is -2.33. The van der Waals surface area contributed by atoms with Crippen molar-refractivity contribution in [2.75, 3.05) is 6.61 Å². The first kappa shape index (κ1) is 21.4. The number of rotatable bonds is 6. The molecule has 0 aromatic heterocycles. The molecule has 2 rings (SSSR count). The second-order valence-electron chi connectivity index (χ2n) is 6.37. The van der Waals surface area contributed by atoms with Gasteiger partial charge in [0.25, 0.3) is 0 Å². The quantitative estimate of drug-likeness (QED) is 0.521. The summed E-state index contributed by atoms with van der Waals surface area (Å²) in [4.78, 5) is 46.7. The van der Waals surface area contributed by atoms with E-state index >= 15 is 0 Å². The largest absolute Gasteiger partial charge is 0.459 e. The summed E-state index contributed by atoms with van der Waals surface area (Å²) in [6.07, 6.45) is -3.61. The van der Waals surface area contributed by atoms with Gasteiger partial charge in [-0.2, -0.15) is 0 Å². The Labute approximate surface area is 161 Å². The van der Waals surface area contributed by atoms with Crippen molar-refractivity contribution in [1.29, 1.82) is 0 Å². The van der Waals surface area contributed by atoms with Crippen LogP contribution in [0.25, 0.3) is 0 Å². The van der Waals surface area contributed by atoms with Gasteiger partial charge in [-0.3, -0.25) is 14.4 Å². The molecule has 1 aromatic rings. The van der Waals surface area contributed by atoms with Crippen molar-refractivity contribution in [3.8, 4) is 0 Å². The third-order valence-electron chi connectivity index (χ3n) is 4.06. The van der Waals surface area contributed by atoms with Gasteiger partial charge < -0.3 is 23.7 Å². The summed E-state index contributed by atoms with van der Waals surface area (Å²) >= 11 is 0. The zero-order valence-electron chi connectivity index (χ0n) is 16.0. The summed E-state index contributed by atoms with van der Waals surface area (Å²) in [5.41, 5.74) is -1.23. The van der Waals surface area contributed by atoms with Crippen LogP contribution in [-0.4, -0.2) is 54.6 Å². The van der Waals surface area contributed by atoms with Gasteiger partial charge in [0.15, 0.2) is 5.60 Å². The van der Waals surface area contributed by atoms with Gasteiger partial charge in [-0.1, -0.05) is 18.2 Å². The Hall–Kier alpha value is -2.94. The molecule has 0 amide bonds. The maximum Gasteiger partial charge on any atom is 0.338 e. The van der Waals surface area contributed by atoms with Crippen LogP contribution in [0.5, 0.6) is 0 Å². The van der Waals surface area contributed by atoms with E-state index in [1.54, 1.807) is 30.3 Å². The first-order chi connectivity index (χ1) is 13.1. The second-order valence-corrected chi connectivity index (χ2v) is 6.37. The van der Waals surface area contributed by atoms with Crippen molar-refractivity contribution in [1.82, 2.24) is 0 Å². The Morgan fingerprint density at radius 2 is 1.57 bits per heavy atom. The van der Waals surface area contributed by atoms with Crippen LogP contribution in [0.2, 0.25) is 0 Å². The van der Waals surface area contributed by atoms with Gasteiger partial charge in [0.05, 0.1) is 5.56 Å². The molecule has 1 aromatic carbocycles. The van der Waals surface area contributed by atoms with Crippen molar-refractivity contribution in [2.45, 2.75) is 51.8 Å². The smallest absolute Gasteiger partial charge is 0.338 e. The highest BCUT2D eigenvalue weighted by Crippen LogP contribution is 2.37. The zero-order valence-corrected chi connectivity index (χ0v) is 16.0. The van der Waals surface area contributed by atoms with Gasteiger partial charge in [-0.05, 0) is 19.1 Å². The van der Waals surface area contributed by atoms with E-state index in [0.717, 1.165) is 13.8 Å². The van der Waals surface area contributed by atoms with Gasteiger partial charge in [-0.15, -0.1) is 0 Å². The molecule has 1 aliphatic heterocycles. The van der Waals surface area contributed by atoms with E-state index < -0.39 is 48.0 Å². The molecule has 0 spiro atoms. The summed E-state index contributed by atoms with van der Waals surface area (Å²) in [5, 5.41) is 0. The lowest BCUT2D eigenvalue weighted by Crippen LogP contribution is -2.52. The molecule has 9 nitrogen and oxygen atoms in total. The molecule has 0 saturated carbocycles. The Morgan fingerprint density at radius 3 is 2.11 bits per heavy atom. The predicted octanol–water partition coefficient (Wildman–Crippen LogP) is 1.38. The third-order valence-corrected chi connectivity index (χ3v) is 4.06. The maximum absolute atomic E-state index is 12.2. The first-order valence-electron chi connectivity index (χ1n) is 8.55. The summed E-state index contributed by atoms with van der Waals surface area (Å²) in [6.45, 7) is 4.60. The highest BCUT2D eigenvalue weighted by Gasteiger charge is 2.60. The van der Waals surface area contributed by atoms with Crippen LogP contribution in [0.3, 0.4) is 0 Å². The fourth-order valence-corrected chi connectivity index (χ4v) is 2.87. The number of hydrogen-bond acceptors (Lipinski definition) is 9. The molecule has 0 bridgehead atoms. The van der Waals surface area contributed by atoms with Crippen molar-refractivity contribution < 1.29 is 42.9 Å². The Morgan fingerprint density at radius 1 is 0.964 bits per heavy atom. The average Bonchev–Trinajstić information content (AvgIpc) is 2.83. The molecule has 9 heteroatoms. The van der Waals surface area contributed by atoms with Crippen LogP contribution in [-0.2, 0) is 38.1 Å². The molecular weight excluding hydrogens is 372 g/mol. The normalized spacial score (nSPS) is 26.2. The number of carbonyl (C=O) groups is 4. The molecule has 1 unspecified atom stereocenters. The van der Waals surface area contributed by atoms with E-state index in [4.69, 9.17) is 23.7 Å². The maximum atomic E-state index is 12.2. The van der Waals surface area contributed by atoms with E-state index in [-0.39, 0.29) is 6.61 Å². The van der Waals surface area contributed by atoms with E-state index in [1.807, 2.05) is 0 Å². The minimum atomic E-state index is -1.55. The van der Waals surface area contributed by atoms with Gasteiger partial charge in [0.1, 0.15) is 12.7 Å². The minimum Gasteiger partial charge on any atom is -0.459 e. The predicted molar refractivity (Wildman–Crippen MR) is 92.9 cm³/mol. The van der Waals surface area contributed by atoms with Gasteiger partial charge >= 0.3 is 23.9 Å². The number of carbonyl (C=O) groups excluding carboxylic acids is 4. The summed E-state index contributed by atoms with van der Waals surface area (Å²) in [7, 11) is 0. The molecule has 0 aliphatic carbocycles. The molecule has 28 heavy (non-hydrogen) atoms. The van der Waals surface area contributed by atoms with Gasteiger partial charge in [0.2, 0.25) is 12.4 Å². The fourth-order valence-electron chi connectivity index (χ4n) is 2.87. The highest BCUT2D eigenvalue weighted by atomic mass is 16.8. The third kappa shape index (κ3) is 5.07. The van der Waals surface area contributed by atoms with E-state index in [9.17, 15) is 19.2 Å². The molecule has 1 fully saturated rings. The molecule has 152 valence electrons. The summed E-state index contributed by atoms with van der Waals surface area (Å²) in [6, 6.07) is 8.26. The van der Waals surface area contributed by atoms with Crippen LogP contribution in [0.4, 0.5) is 0 Å². The first-order valence-corrected chi connectivity index (χ1v) is 8.55. The van der Waals surface area contributed by atoms with Crippen molar-refractivity contribution >= 4 is 23.9 Å². The van der Waals surface area contributed by atoms with E-state index in [1.165, 1.54) is 13.8 Å². The van der Waals surface area contributed by atoms with Crippen molar-refractivity contribution in [3.05, 3.63) is 35.9 Å². The highest BCUT2D eigenvalue weighted by molar-refractivity contribution is 5.89. The summed E-state index contributed by atoms with van der Waals surface area (Å²) in [5.74, 6) is -2.67. The lowest BCUT2D eigenvalue weighted by atomic mass is 9.94. The lowest BCUT2D eigenvalue weighted by molar-refractivity contribution is -0.199.